The number of rotatable bonds is 5. The Morgan fingerprint density at radius 1 is 1.50 bits per heavy atom. The topological polar surface area (TPSA) is 91.7 Å². The van der Waals surface area contributed by atoms with Crippen molar-refractivity contribution in [3.63, 3.8) is 0 Å². The Hall–Kier alpha value is -1.66. The average molecular weight is 226 g/mol. The molecule has 0 aliphatic rings. The second kappa shape index (κ2) is 6.04. The smallest absolute Gasteiger partial charge is 0.253 e. The summed E-state index contributed by atoms with van der Waals surface area (Å²) in [6.45, 7) is -0.627. The highest BCUT2D eigenvalue weighted by atomic mass is 16.5. The van der Waals surface area contributed by atoms with Gasteiger partial charge in [-0.2, -0.15) is 0 Å². The molecule has 0 aliphatic carbocycles. The molecule has 1 aromatic heterocycles. The number of hydrogen-bond donors (Lipinski definition) is 3. The van der Waals surface area contributed by atoms with Gasteiger partial charge in [-0.15, -0.1) is 0 Å². The summed E-state index contributed by atoms with van der Waals surface area (Å²) in [5.74, 6) is 0.0145. The molecule has 0 fully saturated rings. The van der Waals surface area contributed by atoms with E-state index in [2.05, 4.69) is 10.3 Å². The maximum atomic E-state index is 11.6. The van der Waals surface area contributed by atoms with Crippen LogP contribution in [0.3, 0.4) is 0 Å². The lowest BCUT2D eigenvalue weighted by Crippen LogP contribution is -2.40. The Balaban J connectivity index is 2.65. The van der Waals surface area contributed by atoms with Crippen LogP contribution in [0.2, 0.25) is 0 Å². The lowest BCUT2D eigenvalue weighted by atomic mass is 10.2. The normalized spacial score (nSPS) is 10.2. The number of ether oxygens (including phenoxy) is 1. The van der Waals surface area contributed by atoms with Gasteiger partial charge in [0, 0.05) is 12.3 Å². The first-order valence-electron chi connectivity index (χ1n) is 4.74. The summed E-state index contributed by atoms with van der Waals surface area (Å²) < 4.78 is 4.85. The number of hydrogen-bond acceptors (Lipinski definition) is 5. The van der Waals surface area contributed by atoms with Crippen LogP contribution < -0.4 is 10.1 Å². The standard InChI is InChI=1S/C10H14N2O4/c1-16-9-3-2-7(4-11-9)10(15)12-8(5-13)6-14/h2-4,8,13-14H,5-6H2,1H3,(H,12,15). The SMILES string of the molecule is COc1ccc(C(=O)NC(CO)CO)cn1. The van der Waals surface area contributed by atoms with Crippen molar-refractivity contribution in [1.29, 1.82) is 0 Å². The van der Waals surface area contributed by atoms with E-state index in [0.29, 0.717) is 11.4 Å². The maximum absolute atomic E-state index is 11.6. The Labute approximate surface area is 92.9 Å². The number of carbonyl (C=O) groups is 1. The van der Waals surface area contributed by atoms with Gasteiger partial charge in [0.1, 0.15) is 0 Å². The van der Waals surface area contributed by atoms with Gasteiger partial charge in [-0.1, -0.05) is 0 Å². The van der Waals surface area contributed by atoms with Crippen molar-refractivity contribution < 1.29 is 19.7 Å². The number of aromatic nitrogens is 1. The number of methoxy groups -OCH3 is 1. The molecule has 0 unspecified atom stereocenters. The number of aliphatic hydroxyl groups excluding tert-OH is 2. The van der Waals surface area contributed by atoms with Crippen LogP contribution in [0.1, 0.15) is 10.4 Å². The molecule has 0 bridgehead atoms. The number of nitrogens with zero attached hydrogens (tertiary/aromatic N) is 1. The van der Waals surface area contributed by atoms with E-state index in [-0.39, 0.29) is 13.2 Å². The molecule has 0 aromatic carbocycles. The molecule has 1 heterocycles. The fourth-order valence-corrected chi connectivity index (χ4v) is 1.05. The zero-order valence-electron chi connectivity index (χ0n) is 8.88. The van der Waals surface area contributed by atoms with Gasteiger partial charge in [-0.05, 0) is 6.07 Å². The van der Waals surface area contributed by atoms with Crippen LogP contribution in [0.25, 0.3) is 0 Å². The predicted octanol–water partition coefficient (Wildman–Crippen LogP) is -0.827. The van der Waals surface area contributed by atoms with Crippen LogP contribution in [-0.2, 0) is 0 Å². The average Bonchev–Trinajstić information content (AvgIpc) is 2.35. The summed E-state index contributed by atoms with van der Waals surface area (Å²) in [6, 6.07) is 2.45. The third-order valence-corrected chi connectivity index (χ3v) is 1.98. The summed E-state index contributed by atoms with van der Waals surface area (Å²) in [4.78, 5) is 15.4. The molecule has 88 valence electrons. The van der Waals surface area contributed by atoms with E-state index in [4.69, 9.17) is 14.9 Å². The van der Waals surface area contributed by atoms with Crippen LogP contribution >= 0.6 is 0 Å². The largest absolute Gasteiger partial charge is 0.481 e. The molecule has 1 amide bonds. The van der Waals surface area contributed by atoms with Gasteiger partial charge < -0.3 is 20.3 Å². The number of carbonyl (C=O) groups excluding carboxylic acids is 1. The van der Waals surface area contributed by atoms with E-state index in [9.17, 15) is 4.79 Å². The van der Waals surface area contributed by atoms with Crippen molar-refractivity contribution >= 4 is 5.91 Å². The van der Waals surface area contributed by atoms with E-state index < -0.39 is 11.9 Å². The van der Waals surface area contributed by atoms with Crippen LogP contribution in [0.15, 0.2) is 18.3 Å². The van der Waals surface area contributed by atoms with Crippen molar-refractivity contribution in [1.82, 2.24) is 10.3 Å². The lowest BCUT2D eigenvalue weighted by Gasteiger charge is -2.12. The van der Waals surface area contributed by atoms with Crippen molar-refractivity contribution in [3.05, 3.63) is 23.9 Å². The summed E-state index contributed by atoms with van der Waals surface area (Å²) in [5.41, 5.74) is 0.340. The predicted molar refractivity (Wildman–Crippen MR) is 56.2 cm³/mol. The van der Waals surface area contributed by atoms with Gasteiger partial charge in [0.05, 0.1) is 31.9 Å². The van der Waals surface area contributed by atoms with E-state index >= 15 is 0 Å². The molecule has 0 radical (unpaired) electrons. The minimum atomic E-state index is -0.658. The molecule has 0 atom stereocenters. The van der Waals surface area contributed by atoms with Crippen LogP contribution in [0, 0.1) is 0 Å². The Morgan fingerprint density at radius 2 is 2.19 bits per heavy atom. The lowest BCUT2D eigenvalue weighted by molar-refractivity contribution is 0.0879. The summed E-state index contributed by atoms with van der Waals surface area (Å²) in [5, 5.41) is 20.0. The van der Waals surface area contributed by atoms with Crippen LogP contribution in [0.5, 0.6) is 5.88 Å². The van der Waals surface area contributed by atoms with Gasteiger partial charge in [-0.25, -0.2) is 4.98 Å². The fourth-order valence-electron chi connectivity index (χ4n) is 1.05. The first-order chi connectivity index (χ1) is 7.71. The molecular formula is C10H14N2O4. The van der Waals surface area contributed by atoms with Crippen LogP contribution in [0.4, 0.5) is 0 Å². The van der Waals surface area contributed by atoms with Crippen molar-refractivity contribution in [2.75, 3.05) is 20.3 Å². The highest BCUT2D eigenvalue weighted by Gasteiger charge is 2.12. The Morgan fingerprint density at radius 3 is 2.62 bits per heavy atom. The van der Waals surface area contributed by atoms with E-state index in [0.717, 1.165) is 0 Å². The highest BCUT2D eigenvalue weighted by molar-refractivity contribution is 5.94. The molecule has 6 heteroatoms. The van der Waals surface area contributed by atoms with Crippen LogP contribution in [-0.4, -0.2) is 47.5 Å². The zero-order valence-corrected chi connectivity index (χ0v) is 8.88. The number of pyridine rings is 1. The van der Waals surface area contributed by atoms with Gasteiger partial charge in [0.15, 0.2) is 0 Å². The molecule has 0 saturated carbocycles. The summed E-state index contributed by atoms with van der Waals surface area (Å²) in [7, 11) is 1.48. The minimum Gasteiger partial charge on any atom is -0.481 e. The molecule has 16 heavy (non-hydrogen) atoms. The molecule has 3 N–H and O–H groups in total. The zero-order chi connectivity index (χ0) is 12.0. The Kier molecular flexibility index (Phi) is 4.68. The van der Waals surface area contributed by atoms with Crippen molar-refractivity contribution in [3.8, 4) is 5.88 Å². The third-order valence-electron chi connectivity index (χ3n) is 1.98. The Bertz CT molecular complexity index is 335. The van der Waals surface area contributed by atoms with E-state index in [1.165, 1.54) is 13.3 Å². The first kappa shape index (κ1) is 12.4. The summed E-state index contributed by atoms with van der Waals surface area (Å²) >= 11 is 0. The first-order valence-corrected chi connectivity index (χ1v) is 4.74. The highest BCUT2D eigenvalue weighted by Crippen LogP contribution is 2.06. The minimum absolute atomic E-state index is 0.314. The second-order valence-electron chi connectivity index (χ2n) is 3.12. The third kappa shape index (κ3) is 3.18. The van der Waals surface area contributed by atoms with Crippen molar-refractivity contribution in [2.24, 2.45) is 0 Å². The van der Waals surface area contributed by atoms with Crippen molar-refractivity contribution in [2.45, 2.75) is 6.04 Å². The quantitative estimate of drug-likeness (QED) is 0.609. The molecule has 1 aromatic rings. The van der Waals surface area contributed by atoms with Gasteiger partial charge in [0.25, 0.3) is 5.91 Å². The van der Waals surface area contributed by atoms with Gasteiger partial charge in [0.2, 0.25) is 5.88 Å². The molecule has 0 spiro atoms. The summed E-state index contributed by atoms with van der Waals surface area (Å²) in [6.07, 6.45) is 1.36. The second-order valence-corrected chi connectivity index (χ2v) is 3.12. The number of nitrogens with one attached hydrogen (secondary N) is 1. The number of aliphatic hydroxyl groups is 2. The maximum Gasteiger partial charge on any atom is 0.253 e. The molecular weight excluding hydrogens is 212 g/mol. The monoisotopic (exact) mass is 226 g/mol. The molecule has 0 saturated heterocycles. The fraction of sp³-hybridized carbons (Fsp3) is 0.400. The van der Waals surface area contributed by atoms with Gasteiger partial charge in [-0.3, -0.25) is 4.79 Å². The molecule has 1 rings (SSSR count). The van der Waals surface area contributed by atoms with E-state index in [1.54, 1.807) is 12.1 Å². The van der Waals surface area contributed by atoms with E-state index in [1.807, 2.05) is 0 Å². The van der Waals surface area contributed by atoms with Gasteiger partial charge >= 0.3 is 0 Å². The molecule has 6 nitrogen and oxygen atoms in total. The molecule has 0 aliphatic heterocycles. The number of amides is 1.